The number of hydrogen-bond donors (Lipinski definition) is 3. The molecule has 4 amide bonds. The lowest BCUT2D eigenvalue weighted by molar-refractivity contribution is -0.121. The summed E-state index contributed by atoms with van der Waals surface area (Å²) in [5.74, 6) is -0.0947. The van der Waals surface area contributed by atoms with E-state index < -0.39 is 0 Å². The number of urea groups is 1. The number of rotatable bonds is 10. The zero-order chi connectivity index (χ0) is 20.2. The van der Waals surface area contributed by atoms with Gasteiger partial charge in [-0.25, -0.2) is 4.79 Å². The number of carbonyl (C=O) groups excluding carboxylic acids is 3. The monoisotopic (exact) mass is 376 g/mol. The Hall–Kier alpha value is -2.57. The average Bonchev–Trinajstić information content (AvgIpc) is 2.61. The second-order valence-corrected chi connectivity index (χ2v) is 6.72. The van der Waals surface area contributed by atoms with Crippen molar-refractivity contribution in [2.24, 2.45) is 0 Å². The number of nitrogens with one attached hydrogen (secondary N) is 3. The summed E-state index contributed by atoms with van der Waals surface area (Å²) in [5.41, 5.74) is 1.20. The van der Waals surface area contributed by atoms with Crippen molar-refractivity contribution in [2.45, 2.75) is 53.0 Å². The molecule has 150 valence electrons. The molecular weight excluding hydrogens is 344 g/mol. The Kier molecular flexibility index (Phi) is 9.93. The van der Waals surface area contributed by atoms with Gasteiger partial charge in [0.15, 0.2) is 0 Å². The summed E-state index contributed by atoms with van der Waals surface area (Å²) in [7, 11) is 0. The maximum Gasteiger partial charge on any atom is 0.319 e. The van der Waals surface area contributed by atoms with Crippen molar-refractivity contribution in [1.29, 1.82) is 0 Å². The Balaban J connectivity index is 2.50. The lowest BCUT2D eigenvalue weighted by Gasteiger charge is -2.21. The van der Waals surface area contributed by atoms with Gasteiger partial charge in [-0.2, -0.15) is 0 Å². The van der Waals surface area contributed by atoms with Crippen LogP contribution in [-0.4, -0.2) is 48.4 Å². The average molecular weight is 377 g/mol. The molecule has 0 aliphatic carbocycles. The minimum Gasteiger partial charge on any atom is -0.354 e. The predicted molar refractivity (Wildman–Crippen MR) is 108 cm³/mol. The molecule has 1 rings (SSSR count). The molecule has 1 aromatic rings. The topological polar surface area (TPSA) is 90.5 Å². The normalized spacial score (nSPS) is 10.4. The summed E-state index contributed by atoms with van der Waals surface area (Å²) >= 11 is 0. The van der Waals surface area contributed by atoms with Crippen LogP contribution in [0, 0.1) is 0 Å². The van der Waals surface area contributed by atoms with E-state index in [1.54, 1.807) is 24.3 Å². The van der Waals surface area contributed by atoms with Crippen LogP contribution >= 0.6 is 0 Å². The van der Waals surface area contributed by atoms with Gasteiger partial charge in [0, 0.05) is 43.3 Å². The van der Waals surface area contributed by atoms with E-state index in [2.05, 4.69) is 16.0 Å². The van der Waals surface area contributed by atoms with Gasteiger partial charge >= 0.3 is 6.03 Å². The smallest absolute Gasteiger partial charge is 0.319 e. The summed E-state index contributed by atoms with van der Waals surface area (Å²) in [6.07, 6.45) is 2.06. The Labute approximate surface area is 161 Å². The molecule has 0 fully saturated rings. The van der Waals surface area contributed by atoms with Gasteiger partial charge in [0.2, 0.25) is 5.91 Å². The highest BCUT2D eigenvalue weighted by Gasteiger charge is 2.14. The number of anilines is 1. The Bertz CT molecular complexity index is 608. The lowest BCUT2D eigenvalue weighted by Crippen LogP contribution is -2.35. The number of nitrogens with zero attached hydrogens (tertiary/aromatic N) is 1. The standard InChI is InChI=1S/C20H32N4O3/c1-5-13-24(14-6-2)19(26)16-7-9-17(10-8-16)23-20(27)21-12-11-18(25)22-15(3)4/h7-10,15H,5-6,11-14H2,1-4H3,(H,22,25)(H2,21,23,27). The van der Waals surface area contributed by atoms with Crippen molar-refractivity contribution in [3.05, 3.63) is 29.8 Å². The van der Waals surface area contributed by atoms with E-state index in [4.69, 9.17) is 0 Å². The molecule has 7 nitrogen and oxygen atoms in total. The Morgan fingerprint density at radius 3 is 2.11 bits per heavy atom. The van der Waals surface area contributed by atoms with Crippen LogP contribution in [0.1, 0.15) is 57.3 Å². The number of amides is 4. The highest BCUT2D eigenvalue weighted by molar-refractivity contribution is 5.95. The van der Waals surface area contributed by atoms with Crippen LogP contribution in [0.4, 0.5) is 10.5 Å². The summed E-state index contributed by atoms with van der Waals surface area (Å²) in [6, 6.07) is 6.53. The highest BCUT2D eigenvalue weighted by Crippen LogP contribution is 2.12. The van der Waals surface area contributed by atoms with Crippen LogP contribution in [0.5, 0.6) is 0 Å². The van der Waals surface area contributed by atoms with Crippen molar-refractivity contribution in [3.8, 4) is 0 Å². The molecule has 27 heavy (non-hydrogen) atoms. The van der Waals surface area contributed by atoms with Gasteiger partial charge in [0.05, 0.1) is 0 Å². The van der Waals surface area contributed by atoms with Crippen molar-refractivity contribution in [1.82, 2.24) is 15.5 Å². The van der Waals surface area contributed by atoms with Gasteiger partial charge in [0.25, 0.3) is 5.91 Å². The van der Waals surface area contributed by atoms with E-state index in [0.29, 0.717) is 11.3 Å². The summed E-state index contributed by atoms with van der Waals surface area (Å²) in [6.45, 7) is 9.59. The third kappa shape index (κ3) is 8.57. The van der Waals surface area contributed by atoms with Crippen LogP contribution in [0.25, 0.3) is 0 Å². The van der Waals surface area contributed by atoms with Crippen LogP contribution in [0.2, 0.25) is 0 Å². The Morgan fingerprint density at radius 1 is 1.00 bits per heavy atom. The van der Waals surface area contributed by atoms with Gasteiger partial charge in [-0.1, -0.05) is 13.8 Å². The van der Waals surface area contributed by atoms with Gasteiger partial charge in [0.1, 0.15) is 0 Å². The van der Waals surface area contributed by atoms with E-state index in [1.807, 2.05) is 32.6 Å². The van der Waals surface area contributed by atoms with Crippen molar-refractivity contribution < 1.29 is 14.4 Å². The van der Waals surface area contributed by atoms with Gasteiger partial charge in [-0.15, -0.1) is 0 Å². The first kappa shape index (κ1) is 22.5. The third-order valence-corrected chi connectivity index (χ3v) is 3.75. The van der Waals surface area contributed by atoms with Crippen LogP contribution in [0.3, 0.4) is 0 Å². The molecule has 7 heteroatoms. The summed E-state index contributed by atoms with van der Waals surface area (Å²) in [5, 5.41) is 8.10. The quantitative estimate of drug-likeness (QED) is 0.586. The maximum absolute atomic E-state index is 12.5. The molecule has 0 saturated heterocycles. The van der Waals surface area contributed by atoms with Gasteiger partial charge in [-0.3, -0.25) is 9.59 Å². The van der Waals surface area contributed by atoms with Crippen molar-refractivity contribution in [2.75, 3.05) is 25.0 Å². The number of benzene rings is 1. The SMILES string of the molecule is CCCN(CCC)C(=O)c1ccc(NC(=O)NCCC(=O)NC(C)C)cc1. The first-order valence-electron chi connectivity index (χ1n) is 9.60. The first-order valence-corrected chi connectivity index (χ1v) is 9.60. The summed E-state index contributed by atoms with van der Waals surface area (Å²) < 4.78 is 0. The van der Waals surface area contributed by atoms with Crippen molar-refractivity contribution in [3.63, 3.8) is 0 Å². The maximum atomic E-state index is 12.5. The fourth-order valence-corrected chi connectivity index (χ4v) is 2.59. The van der Waals surface area contributed by atoms with Gasteiger partial charge in [-0.05, 0) is 51.0 Å². The van der Waals surface area contributed by atoms with Crippen LogP contribution in [0.15, 0.2) is 24.3 Å². The molecule has 0 radical (unpaired) electrons. The largest absolute Gasteiger partial charge is 0.354 e. The molecule has 0 unspecified atom stereocenters. The van der Waals surface area contributed by atoms with Gasteiger partial charge < -0.3 is 20.9 Å². The van der Waals surface area contributed by atoms with Crippen LogP contribution in [-0.2, 0) is 4.79 Å². The van der Waals surface area contributed by atoms with Crippen LogP contribution < -0.4 is 16.0 Å². The zero-order valence-electron chi connectivity index (χ0n) is 16.8. The van der Waals surface area contributed by atoms with E-state index >= 15 is 0 Å². The molecule has 0 aliphatic rings. The first-order chi connectivity index (χ1) is 12.9. The molecule has 0 heterocycles. The Morgan fingerprint density at radius 2 is 1.59 bits per heavy atom. The summed E-state index contributed by atoms with van der Waals surface area (Å²) in [4.78, 5) is 37.8. The molecule has 0 aliphatic heterocycles. The second kappa shape index (κ2) is 11.9. The molecular formula is C20H32N4O3. The molecule has 0 atom stereocenters. The van der Waals surface area contributed by atoms with E-state index in [-0.39, 0.29) is 36.9 Å². The second-order valence-electron chi connectivity index (χ2n) is 6.72. The molecule has 1 aromatic carbocycles. The minimum atomic E-state index is -0.384. The third-order valence-electron chi connectivity index (χ3n) is 3.75. The molecule has 0 saturated carbocycles. The minimum absolute atomic E-state index is 0.00543. The predicted octanol–water partition coefficient (Wildman–Crippen LogP) is 2.99. The number of carbonyl (C=O) groups is 3. The lowest BCUT2D eigenvalue weighted by atomic mass is 10.1. The van der Waals surface area contributed by atoms with E-state index in [1.165, 1.54) is 0 Å². The van der Waals surface area contributed by atoms with E-state index in [0.717, 1.165) is 25.9 Å². The van der Waals surface area contributed by atoms with Crippen molar-refractivity contribution >= 4 is 23.5 Å². The fraction of sp³-hybridized carbons (Fsp3) is 0.550. The molecule has 0 aromatic heterocycles. The molecule has 3 N–H and O–H groups in total. The highest BCUT2D eigenvalue weighted by atomic mass is 16.2. The fourth-order valence-electron chi connectivity index (χ4n) is 2.59. The molecule has 0 bridgehead atoms. The zero-order valence-corrected chi connectivity index (χ0v) is 16.8. The molecule has 0 spiro atoms. The van der Waals surface area contributed by atoms with E-state index in [9.17, 15) is 14.4 Å². The number of hydrogen-bond acceptors (Lipinski definition) is 3.